The highest BCUT2D eigenvalue weighted by atomic mass is 19.4. The molecular formula is C27H30F3N9O3. The highest BCUT2D eigenvalue weighted by Crippen LogP contribution is 2.30. The number of ether oxygens (including phenoxy) is 1. The molecule has 4 aromatic rings. The van der Waals surface area contributed by atoms with Crippen molar-refractivity contribution in [2.75, 3.05) is 34.2 Å². The van der Waals surface area contributed by atoms with Crippen LogP contribution in [0, 0.1) is 11.3 Å². The zero-order chi connectivity index (χ0) is 30.6. The predicted molar refractivity (Wildman–Crippen MR) is 146 cm³/mol. The molecule has 0 aliphatic carbocycles. The third-order valence-electron chi connectivity index (χ3n) is 6.41. The summed E-state index contributed by atoms with van der Waals surface area (Å²) in [5.74, 6) is 0.0815. The minimum absolute atomic E-state index is 0.0125. The Morgan fingerprint density at radius 1 is 1.14 bits per heavy atom. The topological polar surface area (TPSA) is 127 Å². The first kappa shape index (κ1) is 30.3. The average Bonchev–Trinajstić information content (AvgIpc) is 3.55. The quantitative estimate of drug-likeness (QED) is 0.277. The molecule has 0 saturated carbocycles. The number of imidazole rings is 1. The summed E-state index contributed by atoms with van der Waals surface area (Å²) < 4.78 is 49.1. The Balaban J connectivity index is 1.73. The first-order valence-electron chi connectivity index (χ1n) is 13.1. The molecule has 222 valence electrons. The number of halogens is 3. The smallest absolute Gasteiger partial charge is 0.416 e. The molecular weight excluding hydrogens is 555 g/mol. The molecule has 12 nitrogen and oxygen atoms in total. The van der Waals surface area contributed by atoms with E-state index in [0.717, 1.165) is 12.1 Å². The van der Waals surface area contributed by atoms with Crippen molar-refractivity contribution in [3.8, 4) is 17.5 Å². The molecule has 1 amide bonds. The maximum Gasteiger partial charge on any atom is 0.416 e. The maximum absolute atomic E-state index is 13.5. The van der Waals surface area contributed by atoms with Crippen LogP contribution in [0.15, 0.2) is 41.5 Å². The van der Waals surface area contributed by atoms with Crippen LogP contribution in [-0.4, -0.2) is 79.0 Å². The van der Waals surface area contributed by atoms with Gasteiger partial charge in [0.15, 0.2) is 17.9 Å². The van der Waals surface area contributed by atoms with Gasteiger partial charge in [-0.15, -0.1) is 0 Å². The number of amides is 1. The summed E-state index contributed by atoms with van der Waals surface area (Å²) in [5, 5.41) is 13.9. The van der Waals surface area contributed by atoms with Crippen LogP contribution in [0.25, 0.3) is 22.6 Å². The highest BCUT2D eigenvalue weighted by Gasteiger charge is 2.30. The lowest BCUT2D eigenvalue weighted by molar-refractivity contribution is -0.137. The molecule has 4 rings (SSSR count). The van der Waals surface area contributed by atoms with Crippen LogP contribution in [0.3, 0.4) is 0 Å². The summed E-state index contributed by atoms with van der Waals surface area (Å²) in [6.45, 7) is 2.76. The molecule has 0 aliphatic heterocycles. The third kappa shape index (κ3) is 6.60. The fourth-order valence-electron chi connectivity index (χ4n) is 4.25. The SMILES string of the molecule is CCCn1c(C#N)nc2nc(-c3cnn(Cc4cccc(C(F)(F)F)c4)c3)n(COC(=O)N(C)CCN(C)C)c2c1=O. The molecule has 1 aromatic carbocycles. The molecule has 42 heavy (non-hydrogen) atoms. The van der Waals surface area contributed by atoms with Crippen LogP contribution in [-0.2, 0) is 30.7 Å². The van der Waals surface area contributed by atoms with Gasteiger partial charge in [-0.3, -0.25) is 18.6 Å². The zero-order valence-corrected chi connectivity index (χ0v) is 23.6. The zero-order valence-electron chi connectivity index (χ0n) is 23.6. The number of rotatable bonds is 10. The van der Waals surface area contributed by atoms with Gasteiger partial charge in [-0.2, -0.15) is 28.5 Å². The second kappa shape index (κ2) is 12.4. The Labute approximate surface area is 239 Å². The van der Waals surface area contributed by atoms with E-state index in [1.807, 2.05) is 32.0 Å². The second-order valence-corrected chi connectivity index (χ2v) is 9.93. The van der Waals surface area contributed by atoms with Crippen LogP contribution in [0.2, 0.25) is 0 Å². The molecule has 0 unspecified atom stereocenters. The molecule has 0 spiro atoms. The molecule has 0 fully saturated rings. The molecule has 3 heterocycles. The van der Waals surface area contributed by atoms with E-state index in [9.17, 15) is 28.0 Å². The third-order valence-corrected chi connectivity index (χ3v) is 6.41. The fourth-order valence-corrected chi connectivity index (χ4v) is 4.25. The van der Waals surface area contributed by atoms with E-state index < -0.39 is 23.4 Å². The molecule has 0 N–H and O–H groups in total. The van der Waals surface area contributed by atoms with Crippen LogP contribution < -0.4 is 5.56 Å². The fraction of sp³-hybridized carbons (Fsp3) is 0.407. The lowest BCUT2D eigenvalue weighted by Crippen LogP contribution is -2.34. The Morgan fingerprint density at radius 3 is 2.57 bits per heavy atom. The summed E-state index contributed by atoms with van der Waals surface area (Å²) >= 11 is 0. The number of benzene rings is 1. The van der Waals surface area contributed by atoms with Crippen molar-refractivity contribution in [1.82, 2.24) is 38.7 Å². The van der Waals surface area contributed by atoms with Crippen LogP contribution in [0.4, 0.5) is 18.0 Å². The normalized spacial score (nSPS) is 11.7. The number of alkyl halides is 3. The van der Waals surface area contributed by atoms with Gasteiger partial charge in [0.25, 0.3) is 5.56 Å². The van der Waals surface area contributed by atoms with Crippen LogP contribution >= 0.6 is 0 Å². The van der Waals surface area contributed by atoms with Gasteiger partial charge < -0.3 is 14.5 Å². The van der Waals surface area contributed by atoms with E-state index in [4.69, 9.17) is 4.74 Å². The maximum atomic E-state index is 13.5. The number of nitriles is 1. The van der Waals surface area contributed by atoms with Crippen molar-refractivity contribution in [2.45, 2.75) is 39.3 Å². The number of aromatic nitrogens is 6. The number of nitrogens with zero attached hydrogens (tertiary/aromatic N) is 9. The van der Waals surface area contributed by atoms with Gasteiger partial charge in [-0.1, -0.05) is 19.1 Å². The summed E-state index contributed by atoms with van der Waals surface area (Å²) in [7, 11) is 5.34. The molecule has 15 heteroatoms. The van der Waals surface area contributed by atoms with Crippen molar-refractivity contribution >= 4 is 17.3 Å². The number of likely N-dealkylation sites (N-methyl/N-ethyl adjacent to an activating group) is 2. The van der Waals surface area contributed by atoms with Crippen LogP contribution in [0.1, 0.15) is 30.3 Å². The monoisotopic (exact) mass is 585 g/mol. The van der Waals surface area contributed by atoms with Crippen LogP contribution in [0.5, 0.6) is 0 Å². The molecule has 0 atom stereocenters. The summed E-state index contributed by atoms with van der Waals surface area (Å²) in [6.07, 6.45) is -1.55. The summed E-state index contributed by atoms with van der Waals surface area (Å²) in [4.78, 5) is 38.3. The number of fused-ring (bicyclic) bond motifs is 1. The van der Waals surface area contributed by atoms with E-state index in [1.165, 1.54) is 31.0 Å². The van der Waals surface area contributed by atoms with Gasteiger partial charge in [-0.25, -0.2) is 9.78 Å². The minimum Gasteiger partial charge on any atom is -0.428 e. The van der Waals surface area contributed by atoms with Gasteiger partial charge in [0, 0.05) is 32.9 Å². The molecule has 0 aliphatic rings. The highest BCUT2D eigenvalue weighted by molar-refractivity contribution is 5.77. The Morgan fingerprint density at radius 2 is 1.90 bits per heavy atom. The molecule has 3 aromatic heterocycles. The van der Waals surface area contributed by atoms with Crippen molar-refractivity contribution in [3.05, 3.63) is 64.0 Å². The number of hydrogen-bond donors (Lipinski definition) is 0. The first-order valence-corrected chi connectivity index (χ1v) is 13.1. The van der Waals surface area contributed by atoms with Gasteiger partial charge in [0.2, 0.25) is 5.82 Å². The Kier molecular flexibility index (Phi) is 8.96. The van der Waals surface area contributed by atoms with Crippen molar-refractivity contribution in [1.29, 1.82) is 5.26 Å². The largest absolute Gasteiger partial charge is 0.428 e. The van der Waals surface area contributed by atoms with Gasteiger partial charge >= 0.3 is 12.3 Å². The average molecular weight is 586 g/mol. The first-order chi connectivity index (χ1) is 19.9. The lowest BCUT2D eigenvalue weighted by Gasteiger charge is -2.19. The van der Waals surface area contributed by atoms with E-state index in [0.29, 0.717) is 30.6 Å². The summed E-state index contributed by atoms with van der Waals surface area (Å²) in [5.41, 5.74) is -0.490. The molecule has 0 saturated heterocycles. The van der Waals surface area contributed by atoms with E-state index in [1.54, 1.807) is 19.3 Å². The number of carbonyl (C=O) groups excluding carboxylic acids is 1. The Hall–Kier alpha value is -4.71. The van der Waals surface area contributed by atoms with Crippen molar-refractivity contribution in [2.24, 2.45) is 0 Å². The number of carbonyl (C=O) groups is 1. The minimum atomic E-state index is -4.48. The number of hydrogen-bond acceptors (Lipinski definition) is 8. The Bertz CT molecular complexity index is 1680. The van der Waals surface area contributed by atoms with Crippen molar-refractivity contribution < 1.29 is 22.7 Å². The van der Waals surface area contributed by atoms with E-state index in [2.05, 4.69) is 15.1 Å². The molecule has 0 bridgehead atoms. The van der Waals surface area contributed by atoms with Crippen molar-refractivity contribution in [3.63, 3.8) is 0 Å². The van der Waals surface area contributed by atoms with E-state index >= 15 is 0 Å². The van der Waals surface area contributed by atoms with E-state index in [-0.39, 0.29) is 42.6 Å². The molecule has 0 radical (unpaired) electrons. The van der Waals surface area contributed by atoms with Gasteiger partial charge in [-0.05, 0) is 38.2 Å². The second-order valence-electron chi connectivity index (χ2n) is 9.93. The lowest BCUT2D eigenvalue weighted by atomic mass is 10.1. The van der Waals surface area contributed by atoms with Gasteiger partial charge in [0.05, 0.1) is 23.9 Å². The van der Waals surface area contributed by atoms with Gasteiger partial charge in [0.1, 0.15) is 11.9 Å². The summed E-state index contributed by atoms with van der Waals surface area (Å²) in [6, 6.07) is 6.85. The predicted octanol–water partition coefficient (Wildman–Crippen LogP) is 3.39. The standard InChI is InChI=1S/C27H30F3N9O3/c1-5-9-38-21(13-31)33-23-22(25(38)40)39(17-42-26(41)36(4)11-10-35(2)3)24(34-23)19-14-32-37(16-19)15-18-7-6-8-20(12-18)27(28,29)30/h6-8,12,14,16H,5,9-11,15,17H2,1-4H3.